The van der Waals surface area contributed by atoms with Crippen molar-refractivity contribution in [1.82, 2.24) is 15.1 Å². The second-order valence-electron chi connectivity index (χ2n) is 6.84. The minimum atomic E-state index is -0.313. The van der Waals surface area contributed by atoms with Gasteiger partial charge in [-0.15, -0.1) is 0 Å². The zero-order valence-electron chi connectivity index (χ0n) is 14.5. The van der Waals surface area contributed by atoms with Gasteiger partial charge in [-0.25, -0.2) is 4.39 Å². The van der Waals surface area contributed by atoms with Crippen LogP contribution in [0.1, 0.15) is 18.5 Å². The summed E-state index contributed by atoms with van der Waals surface area (Å²) in [4.78, 5) is 1.67. The van der Waals surface area contributed by atoms with Gasteiger partial charge in [0.15, 0.2) is 12.0 Å². The minimum absolute atomic E-state index is 0.0480. The van der Waals surface area contributed by atoms with Crippen LogP contribution in [0.4, 0.5) is 4.39 Å². The molecular weight excluding hydrogens is 327 g/mol. The zero-order valence-corrected chi connectivity index (χ0v) is 14.5. The lowest BCUT2D eigenvalue weighted by Gasteiger charge is -2.11. The van der Waals surface area contributed by atoms with Gasteiger partial charge in [0.05, 0.1) is 5.69 Å². The molecular formula is C21H19FN4. The van der Waals surface area contributed by atoms with Crippen molar-refractivity contribution in [3.05, 3.63) is 66.1 Å². The van der Waals surface area contributed by atoms with E-state index in [-0.39, 0.29) is 17.7 Å². The molecule has 0 bridgehead atoms. The van der Waals surface area contributed by atoms with Crippen molar-refractivity contribution in [2.75, 3.05) is 13.1 Å². The number of nitriles is 1. The molecule has 1 N–H and O–H groups in total. The van der Waals surface area contributed by atoms with Gasteiger partial charge in [0.2, 0.25) is 0 Å². The van der Waals surface area contributed by atoms with Crippen molar-refractivity contribution < 1.29 is 4.39 Å². The standard InChI is InChI=1S/C21H19FN4/c1-14-11-26(13-23)12-18(14)21-19(22)20(24-25-21)17-9-5-8-16(10-17)15-6-3-2-4-7-15/h2-10,14,18H,11-12H2,1H3,(H,24,25)/t14-,18-/m1/s1. The van der Waals surface area contributed by atoms with E-state index in [4.69, 9.17) is 5.26 Å². The molecule has 26 heavy (non-hydrogen) atoms. The highest BCUT2D eigenvalue weighted by Gasteiger charge is 2.34. The Morgan fingerprint density at radius 3 is 2.54 bits per heavy atom. The van der Waals surface area contributed by atoms with Crippen molar-refractivity contribution in [2.24, 2.45) is 5.92 Å². The molecule has 1 fully saturated rings. The van der Waals surface area contributed by atoms with E-state index < -0.39 is 0 Å². The van der Waals surface area contributed by atoms with E-state index >= 15 is 4.39 Å². The second-order valence-corrected chi connectivity index (χ2v) is 6.84. The van der Waals surface area contributed by atoms with Crippen molar-refractivity contribution in [2.45, 2.75) is 12.8 Å². The van der Waals surface area contributed by atoms with Gasteiger partial charge in [0.1, 0.15) is 5.69 Å². The molecule has 130 valence electrons. The Morgan fingerprint density at radius 2 is 1.81 bits per heavy atom. The van der Waals surface area contributed by atoms with Crippen LogP contribution in [0.5, 0.6) is 0 Å². The number of rotatable bonds is 3. The fraction of sp³-hybridized carbons (Fsp3) is 0.238. The van der Waals surface area contributed by atoms with E-state index in [1.54, 1.807) is 4.90 Å². The van der Waals surface area contributed by atoms with Crippen molar-refractivity contribution in [3.8, 4) is 28.6 Å². The maximum atomic E-state index is 15.1. The number of hydrogen-bond donors (Lipinski definition) is 1. The second kappa shape index (κ2) is 6.64. The number of H-pyrrole nitrogens is 1. The summed E-state index contributed by atoms with van der Waals surface area (Å²) >= 11 is 0. The van der Waals surface area contributed by atoms with Gasteiger partial charge >= 0.3 is 0 Å². The number of nitrogens with one attached hydrogen (secondary N) is 1. The van der Waals surface area contributed by atoms with Crippen LogP contribution in [0.2, 0.25) is 0 Å². The number of aromatic nitrogens is 2. The Labute approximate surface area is 151 Å². The van der Waals surface area contributed by atoms with Crippen LogP contribution in [0.15, 0.2) is 54.6 Å². The van der Waals surface area contributed by atoms with Gasteiger partial charge in [0, 0.05) is 24.6 Å². The van der Waals surface area contributed by atoms with Crippen molar-refractivity contribution in [1.29, 1.82) is 5.26 Å². The van der Waals surface area contributed by atoms with E-state index in [1.807, 2.05) is 61.5 Å². The molecule has 1 aromatic heterocycles. The lowest BCUT2D eigenvalue weighted by molar-refractivity contribution is 0.465. The fourth-order valence-corrected chi connectivity index (χ4v) is 3.68. The van der Waals surface area contributed by atoms with Crippen LogP contribution >= 0.6 is 0 Å². The molecule has 0 aliphatic carbocycles. The number of benzene rings is 2. The summed E-state index contributed by atoms with van der Waals surface area (Å²) in [6.45, 7) is 3.22. The highest BCUT2D eigenvalue weighted by molar-refractivity contribution is 5.71. The third-order valence-electron chi connectivity index (χ3n) is 5.10. The molecule has 4 rings (SSSR count). The molecule has 3 aromatic rings. The summed E-state index contributed by atoms with van der Waals surface area (Å²) in [5.74, 6) is -0.159. The predicted molar refractivity (Wildman–Crippen MR) is 98.5 cm³/mol. The maximum Gasteiger partial charge on any atom is 0.179 e. The smallest absolute Gasteiger partial charge is 0.179 e. The first kappa shape index (κ1) is 16.3. The number of halogens is 1. The predicted octanol–water partition coefficient (Wildman–Crippen LogP) is 4.40. The van der Waals surface area contributed by atoms with E-state index in [1.165, 1.54) is 0 Å². The molecule has 1 saturated heterocycles. The topological polar surface area (TPSA) is 55.7 Å². The minimum Gasteiger partial charge on any atom is -0.310 e. The van der Waals surface area contributed by atoms with E-state index in [2.05, 4.69) is 16.4 Å². The van der Waals surface area contributed by atoms with E-state index in [0.717, 1.165) is 16.7 Å². The maximum absolute atomic E-state index is 15.1. The molecule has 0 unspecified atom stereocenters. The fourth-order valence-electron chi connectivity index (χ4n) is 3.68. The van der Waals surface area contributed by atoms with Crippen molar-refractivity contribution in [3.63, 3.8) is 0 Å². The van der Waals surface area contributed by atoms with Gasteiger partial charge in [-0.2, -0.15) is 10.4 Å². The Kier molecular flexibility index (Phi) is 4.18. The molecule has 0 saturated carbocycles. The number of aromatic amines is 1. The van der Waals surface area contributed by atoms with Crippen LogP contribution in [0.3, 0.4) is 0 Å². The average molecular weight is 346 g/mol. The molecule has 2 atom stereocenters. The average Bonchev–Trinajstić information content (AvgIpc) is 3.24. The van der Waals surface area contributed by atoms with Gasteiger partial charge in [0.25, 0.3) is 0 Å². The lowest BCUT2D eigenvalue weighted by atomic mass is 9.93. The highest BCUT2D eigenvalue weighted by Crippen LogP contribution is 2.35. The quantitative estimate of drug-likeness (QED) is 0.715. The Hall–Kier alpha value is -3.13. The molecule has 0 spiro atoms. The highest BCUT2D eigenvalue weighted by atomic mass is 19.1. The van der Waals surface area contributed by atoms with Gasteiger partial charge in [-0.3, -0.25) is 5.10 Å². The monoisotopic (exact) mass is 346 g/mol. The zero-order chi connectivity index (χ0) is 18.1. The van der Waals surface area contributed by atoms with Crippen LogP contribution in [-0.4, -0.2) is 28.2 Å². The van der Waals surface area contributed by atoms with Crippen LogP contribution < -0.4 is 0 Å². The van der Waals surface area contributed by atoms with Gasteiger partial charge in [-0.1, -0.05) is 55.5 Å². The molecule has 4 nitrogen and oxygen atoms in total. The first-order valence-corrected chi connectivity index (χ1v) is 8.71. The Morgan fingerprint density at radius 1 is 1.08 bits per heavy atom. The number of nitrogens with zero attached hydrogens (tertiary/aromatic N) is 3. The van der Waals surface area contributed by atoms with E-state index in [9.17, 15) is 0 Å². The summed E-state index contributed by atoms with van der Waals surface area (Å²) in [6.07, 6.45) is 2.15. The summed E-state index contributed by atoms with van der Waals surface area (Å²) in [7, 11) is 0. The first-order chi connectivity index (χ1) is 12.7. The molecule has 2 heterocycles. The lowest BCUT2D eigenvalue weighted by Crippen LogP contribution is -2.13. The summed E-state index contributed by atoms with van der Waals surface area (Å²) in [5, 5.41) is 16.2. The first-order valence-electron chi connectivity index (χ1n) is 8.71. The summed E-state index contributed by atoms with van der Waals surface area (Å²) < 4.78 is 15.1. The normalized spacial score (nSPS) is 19.5. The number of hydrogen-bond acceptors (Lipinski definition) is 3. The summed E-state index contributed by atoms with van der Waals surface area (Å²) in [6, 6.07) is 17.8. The molecule has 0 amide bonds. The van der Waals surface area contributed by atoms with E-state index in [0.29, 0.717) is 24.5 Å². The molecule has 5 heteroatoms. The molecule has 2 aromatic carbocycles. The largest absolute Gasteiger partial charge is 0.310 e. The third-order valence-corrected chi connectivity index (χ3v) is 5.10. The SMILES string of the molecule is C[C@@H]1CN(C#N)C[C@H]1c1[nH]nc(-c2cccc(-c3ccccc3)c2)c1F. The van der Waals surface area contributed by atoms with Crippen molar-refractivity contribution >= 4 is 0 Å². The Balaban J connectivity index is 1.68. The Bertz CT molecular complexity index is 958. The van der Waals surface area contributed by atoms with Gasteiger partial charge in [-0.05, 0) is 23.1 Å². The third kappa shape index (κ3) is 2.84. The molecule has 1 aliphatic heterocycles. The number of likely N-dealkylation sites (tertiary alicyclic amines) is 1. The van der Waals surface area contributed by atoms with Crippen LogP contribution in [-0.2, 0) is 0 Å². The summed E-state index contributed by atoms with van der Waals surface area (Å²) in [5.41, 5.74) is 3.68. The molecule has 0 radical (unpaired) electrons. The van der Waals surface area contributed by atoms with Crippen LogP contribution in [0, 0.1) is 23.2 Å². The molecule has 1 aliphatic rings. The van der Waals surface area contributed by atoms with Gasteiger partial charge < -0.3 is 4.90 Å². The van der Waals surface area contributed by atoms with Crippen LogP contribution in [0.25, 0.3) is 22.4 Å².